The lowest BCUT2D eigenvalue weighted by Crippen LogP contribution is -2.28. The van der Waals surface area contributed by atoms with Crippen LogP contribution in [0.4, 0.5) is 5.69 Å². The summed E-state index contributed by atoms with van der Waals surface area (Å²) >= 11 is 6.98. The van der Waals surface area contributed by atoms with Gasteiger partial charge >= 0.3 is 0 Å². The highest BCUT2D eigenvalue weighted by atomic mass is 35.5. The third-order valence-electron chi connectivity index (χ3n) is 3.44. The molecular formula is C17H15ClN4O3S. The minimum atomic E-state index is -0.555. The molecule has 0 bridgehead atoms. The van der Waals surface area contributed by atoms with Crippen molar-refractivity contribution in [1.82, 2.24) is 5.32 Å². The molecule has 0 saturated carbocycles. The molecule has 7 nitrogen and oxygen atoms in total. The summed E-state index contributed by atoms with van der Waals surface area (Å²) in [7, 11) is 0. The average molecular weight is 391 g/mol. The van der Waals surface area contributed by atoms with E-state index >= 15 is 0 Å². The van der Waals surface area contributed by atoms with E-state index in [9.17, 15) is 9.59 Å². The predicted molar refractivity (Wildman–Crippen MR) is 103 cm³/mol. The van der Waals surface area contributed by atoms with Gasteiger partial charge in [0.25, 0.3) is 0 Å². The number of amides is 2. The fourth-order valence-corrected chi connectivity index (χ4v) is 3.20. The first kappa shape index (κ1) is 18.2. The fraction of sp³-hybridized carbons (Fsp3) is 0.176. The minimum absolute atomic E-state index is 0.0268. The van der Waals surface area contributed by atoms with Gasteiger partial charge < -0.3 is 15.1 Å². The average Bonchev–Trinajstić information content (AvgIpc) is 3.25. The highest BCUT2D eigenvalue weighted by Gasteiger charge is 2.32. The molecule has 0 aliphatic carbocycles. The van der Waals surface area contributed by atoms with Crippen molar-refractivity contribution in [3.63, 3.8) is 0 Å². The second kappa shape index (κ2) is 8.20. The van der Waals surface area contributed by atoms with Crippen molar-refractivity contribution in [3.8, 4) is 0 Å². The number of rotatable bonds is 5. The SMILES string of the molecule is C/C(=N/N=C1\NC(=O)[C@H](CC(=O)Nc2ccc(Cl)cc2)S1)c1ccco1. The van der Waals surface area contributed by atoms with Crippen molar-refractivity contribution in [2.75, 3.05) is 5.32 Å². The van der Waals surface area contributed by atoms with Crippen LogP contribution in [0.15, 0.2) is 57.3 Å². The van der Waals surface area contributed by atoms with Gasteiger partial charge in [0, 0.05) is 17.1 Å². The van der Waals surface area contributed by atoms with Crippen molar-refractivity contribution < 1.29 is 14.0 Å². The van der Waals surface area contributed by atoms with Crippen molar-refractivity contribution in [1.29, 1.82) is 0 Å². The second-order valence-corrected chi connectivity index (χ2v) is 7.05. The molecule has 1 aromatic carbocycles. The summed E-state index contributed by atoms with van der Waals surface area (Å²) < 4.78 is 5.21. The Balaban J connectivity index is 1.57. The van der Waals surface area contributed by atoms with Crippen LogP contribution in [-0.4, -0.2) is 27.9 Å². The van der Waals surface area contributed by atoms with E-state index in [0.717, 1.165) is 0 Å². The molecule has 1 fully saturated rings. The zero-order valence-electron chi connectivity index (χ0n) is 13.7. The number of hydrogen-bond donors (Lipinski definition) is 2. The molecule has 0 unspecified atom stereocenters. The van der Waals surface area contributed by atoms with Crippen molar-refractivity contribution >= 4 is 51.7 Å². The van der Waals surface area contributed by atoms with Gasteiger partial charge in [-0.1, -0.05) is 23.4 Å². The Morgan fingerprint density at radius 2 is 2.12 bits per heavy atom. The van der Waals surface area contributed by atoms with Gasteiger partial charge in [0.15, 0.2) is 5.17 Å². The molecule has 1 aliphatic rings. The van der Waals surface area contributed by atoms with Crippen molar-refractivity contribution in [2.45, 2.75) is 18.6 Å². The van der Waals surface area contributed by atoms with Crippen LogP contribution in [0.25, 0.3) is 0 Å². The van der Waals surface area contributed by atoms with Crippen LogP contribution in [0.3, 0.4) is 0 Å². The summed E-state index contributed by atoms with van der Waals surface area (Å²) in [6, 6.07) is 10.3. The molecule has 1 atom stereocenters. The van der Waals surface area contributed by atoms with Crippen LogP contribution in [-0.2, 0) is 9.59 Å². The second-order valence-electron chi connectivity index (χ2n) is 5.42. The van der Waals surface area contributed by atoms with E-state index in [0.29, 0.717) is 27.3 Å². The molecule has 1 aromatic heterocycles. The number of benzene rings is 1. The van der Waals surface area contributed by atoms with Crippen molar-refractivity contribution in [3.05, 3.63) is 53.4 Å². The number of thioether (sulfide) groups is 1. The van der Waals surface area contributed by atoms with Gasteiger partial charge in [-0.15, -0.1) is 10.2 Å². The fourth-order valence-electron chi connectivity index (χ4n) is 2.15. The molecule has 2 aromatic rings. The number of halogens is 1. The number of nitrogens with one attached hydrogen (secondary N) is 2. The molecule has 26 heavy (non-hydrogen) atoms. The molecule has 134 valence electrons. The van der Waals surface area contributed by atoms with Crippen LogP contribution in [0, 0.1) is 0 Å². The zero-order chi connectivity index (χ0) is 18.5. The number of carbonyl (C=O) groups excluding carboxylic acids is 2. The summed E-state index contributed by atoms with van der Waals surface area (Å²) in [6.07, 6.45) is 1.57. The highest BCUT2D eigenvalue weighted by Crippen LogP contribution is 2.23. The smallest absolute Gasteiger partial charge is 0.240 e. The Kier molecular flexibility index (Phi) is 5.75. The molecule has 1 saturated heterocycles. The number of amidine groups is 1. The molecule has 2 amide bonds. The third kappa shape index (κ3) is 4.74. The van der Waals surface area contributed by atoms with Crippen LogP contribution < -0.4 is 10.6 Å². The number of carbonyl (C=O) groups is 2. The van der Waals surface area contributed by atoms with Gasteiger partial charge in [-0.25, -0.2) is 0 Å². The lowest BCUT2D eigenvalue weighted by Gasteiger charge is -2.07. The van der Waals surface area contributed by atoms with E-state index in [-0.39, 0.29) is 18.2 Å². The normalized spacial score (nSPS) is 18.8. The first-order valence-corrected chi connectivity index (χ1v) is 8.96. The lowest BCUT2D eigenvalue weighted by atomic mass is 10.2. The summed E-state index contributed by atoms with van der Waals surface area (Å²) in [5.41, 5.74) is 1.21. The number of hydrogen-bond acceptors (Lipinski definition) is 6. The van der Waals surface area contributed by atoms with E-state index in [2.05, 4.69) is 20.8 Å². The van der Waals surface area contributed by atoms with Crippen molar-refractivity contribution in [2.24, 2.45) is 10.2 Å². The molecule has 2 heterocycles. The summed E-state index contributed by atoms with van der Waals surface area (Å²) in [4.78, 5) is 24.1. The Morgan fingerprint density at radius 1 is 1.35 bits per heavy atom. The third-order valence-corrected chi connectivity index (χ3v) is 4.77. The van der Waals surface area contributed by atoms with Gasteiger partial charge in [0.2, 0.25) is 11.8 Å². The van der Waals surface area contributed by atoms with E-state index in [1.807, 2.05) is 0 Å². The number of nitrogens with zero attached hydrogens (tertiary/aromatic N) is 2. The Bertz CT molecular complexity index is 863. The molecule has 1 aliphatic heterocycles. The zero-order valence-corrected chi connectivity index (χ0v) is 15.3. The summed E-state index contributed by atoms with van der Waals surface area (Å²) in [6.45, 7) is 1.75. The maximum atomic E-state index is 12.1. The maximum absolute atomic E-state index is 12.1. The molecule has 2 N–H and O–H groups in total. The summed E-state index contributed by atoms with van der Waals surface area (Å²) in [5.74, 6) is 0.0601. The van der Waals surface area contributed by atoms with Gasteiger partial charge in [-0.2, -0.15) is 0 Å². The van der Waals surface area contributed by atoms with Gasteiger partial charge in [-0.05, 0) is 43.3 Å². The van der Waals surface area contributed by atoms with Gasteiger partial charge in [0.05, 0.1) is 6.26 Å². The van der Waals surface area contributed by atoms with E-state index in [1.54, 1.807) is 49.6 Å². The Hall–Kier alpha value is -2.58. The first-order valence-electron chi connectivity index (χ1n) is 7.70. The Labute approximate surface area is 158 Å². The van der Waals surface area contributed by atoms with Crippen LogP contribution in [0.2, 0.25) is 5.02 Å². The van der Waals surface area contributed by atoms with E-state index < -0.39 is 5.25 Å². The molecular weight excluding hydrogens is 376 g/mol. The predicted octanol–water partition coefficient (Wildman–Crippen LogP) is 3.27. The van der Waals surface area contributed by atoms with Crippen LogP contribution >= 0.6 is 23.4 Å². The lowest BCUT2D eigenvalue weighted by molar-refractivity contribution is -0.122. The van der Waals surface area contributed by atoms with E-state index in [4.69, 9.17) is 16.0 Å². The quantitative estimate of drug-likeness (QED) is 0.604. The molecule has 0 radical (unpaired) electrons. The number of anilines is 1. The van der Waals surface area contributed by atoms with Gasteiger partial charge in [-0.3, -0.25) is 9.59 Å². The molecule has 9 heteroatoms. The van der Waals surface area contributed by atoms with Gasteiger partial charge in [0.1, 0.15) is 16.7 Å². The highest BCUT2D eigenvalue weighted by molar-refractivity contribution is 8.15. The summed E-state index contributed by atoms with van der Waals surface area (Å²) in [5, 5.41) is 13.8. The van der Waals surface area contributed by atoms with Crippen LogP contribution in [0.5, 0.6) is 0 Å². The monoisotopic (exact) mass is 390 g/mol. The number of furan rings is 1. The van der Waals surface area contributed by atoms with Crippen LogP contribution in [0.1, 0.15) is 19.1 Å². The molecule has 0 spiro atoms. The van der Waals surface area contributed by atoms with E-state index in [1.165, 1.54) is 11.8 Å². The largest absolute Gasteiger partial charge is 0.463 e. The minimum Gasteiger partial charge on any atom is -0.463 e. The Morgan fingerprint density at radius 3 is 2.81 bits per heavy atom. The molecule has 3 rings (SSSR count). The maximum Gasteiger partial charge on any atom is 0.240 e. The topological polar surface area (TPSA) is 96.1 Å². The standard InChI is InChI=1S/C17H15ClN4O3S/c1-10(13-3-2-8-25-13)21-22-17-20-16(24)14(26-17)9-15(23)19-12-6-4-11(18)5-7-12/h2-8,14H,9H2,1H3,(H,19,23)(H,20,22,24)/b21-10-/t14-/m0/s1. The first-order chi connectivity index (χ1) is 12.5.